The van der Waals surface area contributed by atoms with Crippen molar-refractivity contribution in [1.29, 1.82) is 0 Å². The van der Waals surface area contributed by atoms with Gasteiger partial charge in [-0.25, -0.2) is 4.98 Å². The van der Waals surface area contributed by atoms with Crippen LogP contribution >= 0.6 is 11.3 Å². The fourth-order valence-corrected chi connectivity index (χ4v) is 5.73. The zero-order valence-electron chi connectivity index (χ0n) is 17.7. The van der Waals surface area contributed by atoms with Gasteiger partial charge in [-0.15, -0.1) is 11.3 Å². The molecule has 0 radical (unpaired) electrons. The van der Waals surface area contributed by atoms with E-state index < -0.39 is 0 Å². The van der Waals surface area contributed by atoms with Gasteiger partial charge in [0.1, 0.15) is 5.01 Å². The lowest BCUT2D eigenvalue weighted by Crippen LogP contribution is -2.26. The van der Waals surface area contributed by atoms with Crippen LogP contribution in [0.3, 0.4) is 0 Å². The van der Waals surface area contributed by atoms with Crippen LogP contribution in [0.1, 0.15) is 42.7 Å². The molecule has 3 aromatic carbocycles. The van der Waals surface area contributed by atoms with Crippen LogP contribution in [0, 0.1) is 12.8 Å². The predicted molar refractivity (Wildman–Crippen MR) is 130 cm³/mol. The zero-order valence-corrected chi connectivity index (χ0v) is 18.5. The van der Waals surface area contributed by atoms with Gasteiger partial charge in [0.15, 0.2) is 0 Å². The third-order valence-electron chi connectivity index (χ3n) is 6.26. The van der Waals surface area contributed by atoms with Crippen molar-refractivity contribution >= 4 is 33.1 Å². The van der Waals surface area contributed by atoms with Gasteiger partial charge in [0.25, 0.3) is 0 Å². The second-order valence-corrected chi connectivity index (χ2v) is 9.52. The number of benzene rings is 3. The first kappa shape index (κ1) is 20.0. The number of hydrogen-bond acceptors (Lipinski definition) is 3. The summed E-state index contributed by atoms with van der Waals surface area (Å²) in [6, 6.07) is 24.7. The molecule has 0 bridgehead atoms. The number of nitrogens with one attached hydrogen (secondary N) is 1. The molecular weight excluding hydrogens is 400 g/mol. The van der Waals surface area contributed by atoms with E-state index in [2.05, 4.69) is 42.6 Å². The maximum absolute atomic E-state index is 13.3. The molecule has 1 atom stereocenters. The van der Waals surface area contributed by atoms with Gasteiger partial charge in [-0.3, -0.25) is 4.79 Å². The number of amides is 1. The lowest BCUT2D eigenvalue weighted by Gasteiger charge is -2.23. The molecule has 3 nitrogen and oxygen atoms in total. The quantitative estimate of drug-likeness (QED) is 0.367. The predicted octanol–water partition coefficient (Wildman–Crippen LogP) is 7.18. The van der Waals surface area contributed by atoms with Crippen LogP contribution in [0.15, 0.2) is 72.8 Å². The van der Waals surface area contributed by atoms with Gasteiger partial charge in [-0.2, -0.15) is 0 Å². The number of aromatic nitrogens is 1. The van der Waals surface area contributed by atoms with E-state index >= 15 is 0 Å². The molecule has 4 heteroatoms. The highest BCUT2D eigenvalue weighted by Crippen LogP contribution is 2.38. The summed E-state index contributed by atoms with van der Waals surface area (Å²) in [7, 11) is 0. The molecule has 1 amide bonds. The molecule has 0 spiro atoms. The Morgan fingerprint density at radius 1 is 1.00 bits per heavy atom. The number of nitrogens with zero attached hydrogens (tertiary/aromatic N) is 1. The summed E-state index contributed by atoms with van der Waals surface area (Å²) in [6.07, 6.45) is 4.70. The lowest BCUT2D eigenvalue weighted by atomic mass is 9.84. The number of hydrogen-bond donors (Lipinski definition) is 1. The first-order valence-corrected chi connectivity index (χ1v) is 11.8. The molecule has 1 aliphatic rings. The van der Waals surface area contributed by atoms with Gasteiger partial charge in [0, 0.05) is 11.3 Å². The summed E-state index contributed by atoms with van der Waals surface area (Å²) in [4.78, 5) is 18.0. The Morgan fingerprint density at radius 2 is 1.74 bits per heavy atom. The molecule has 1 saturated carbocycles. The topological polar surface area (TPSA) is 42.0 Å². The van der Waals surface area contributed by atoms with Crippen LogP contribution in [0.2, 0.25) is 0 Å². The van der Waals surface area contributed by atoms with Crippen molar-refractivity contribution in [3.63, 3.8) is 0 Å². The van der Waals surface area contributed by atoms with Gasteiger partial charge in [0.05, 0.1) is 16.1 Å². The molecule has 1 aliphatic carbocycles. The first-order chi connectivity index (χ1) is 15.2. The maximum atomic E-state index is 13.3. The van der Waals surface area contributed by atoms with Crippen molar-refractivity contribution in [3.05, 3.63) is 83.9 Å². The number of aryl methyl sites for hydroxylation is 1. The molecule has 1 aromatic heterocycles. The van der Waals surface area contributed by atoms with E-state index in [1.165, 1.54) is 23.1 Å². The van der Waals surface area contributed by atoms with Crippen LogP contribution in [-0.2, 0) is 4.79 Å². The highest BCUT2D eigenvalue weighted by Gasteiger charge is 2.31. The largest absolute Gasteiger partial charge is 0.326 e. The van der Waals surface area contributed by atoms with Crippen molar-refractivity contribution in [1.82, 2.24) is 4.98 Å². The molecule has 1 fully saturated rings. The Kier molecular flexibility index (Phi) is 5.56. The smallest absolute Gasteiger partial charge is 0.232 e. The average molecular weight is 427 g/mol. The van der Waals surface area contributed by atoms with Crippen LogP contribution in [0.4, 0.5) is 5.69 Å². The average Bonchev–Trinajstić information content (AvgIpc) is 3.45. The third kappa shape index (κ3) is 4.26. The van der Waals surface area contributed by atoms with Crippen molar-refractivity contribution in [2.45, 2.75) is 38.5 Å². The Hall–Kier alpha value is -2.98. The van der Waals surface area contributed by atoms with Crippen LogP contribution in [0.5, 0.6) is 0 Å². The second-order valence-electron chi connectivity index (χ2n) is 8.49. The second kappa shape index (κ2) is 8.64. The normalized spacial score (nSPS) is 15.3. The van der Waals surface area contributed by atoms with E-state index in [1.807, 2.05) is 42.5 Å². The van der Waals surface area contributed by atoms with Crippen molar-refractivity contribution in [2.75, 3.05) is 5.32 Å². The summed E-state index contributed by atoms with van der Waals surface area (Å²) in [5, 5.41) is 4.18. The molecule has 4 aromatic rings. The molecular formula is C27H26N2OS. The molecule has 31 heavy (non-hydrogen) atoms. The minimum atomic E-state index is -0.0872. The highest BCUT2D eigenvalue weighted by atomic mass is 32.1. The monoisotopic (exact) mass is 426 g/mol. The highest BCUT2D eigenvalue weighted by molar-refractivity contribution is 7.21. The first-order valence-electron chi connectivity index (χ1n) is 11.0. The van der Waals surface area contributed by atoms with Gasteiger partial charge in [-0.05, 0) is 73.2 Å². The molecule has 0 saturated heterocycles. The summed E-state index contributed by atoms with van der Waals surface area (Å²) in [5.41, 5.74) is 5.31. The number of carbonyl (C=O) groups excluding carboxylic acids is 1. The SMILES string of the molecule is Cc1ccc2nc(-c3ccc(NC(=O)C(c4ccccc4)C4CCCC4)cc3)sc2c1. The van der Waals surface area contributed by atoms with Gasteiger partial charge in [-0.1, -0.05) is 49.2 Å². The Balaban J connectivity index is 1.35. The van der Waals surface area contributed by atoms with E-state index in [1.54, 1.807) is 11.3 Å². The molecule has 1 N–H and O–H groups in total. The number of anilines is 1. The number of fused-ring (bicyclic) bond motifs is 1. The van der Waals surface area contributed by atoms with E-state index in [0.717, 1.165) is 40.2 Å². The zero-order chi connectivity index (χ0) is 21.2. The summed E-state index contributed by atoms with van der Waals surface area (Å²) in [6.45, 7) is 2.10. The third-order valence-corrected chi connectivity index (χ3v) is 7.32. The molecule has 0 aliphatic heterocycles. The number of rotatable bonds is 5. The lowest BCUT2D eigenvalue weighted by molar-refractivity contribution is -0.118. The van der Waals surface area contributed by atoms with Crippen molar-refractivity contribution < 1.29 is 4.79 Å². The van der Waals surface area contributed by atoms with Crippen molar-refractivity contribution in [2.24, 2.45) is 5.92 Å². The Bertz CT molecular complexity index is 1190. The molecule has 1 unspecified atom stereocenters. The standard InChI is InChI=1S/C27H26N2OS/c1-18-11-16-23-24(17-18)31-27(29-23)21-12-14-22(15-13-21)28-26(30)25(20-9-5-6-10-20)19-7-3-2-4-8-19/h2-4,7-8,11-17,20,25H,5-6,9-10H2,1H3,(H,28,30). The molecule has 1 heterocycles. The van der Waals surface area contributed by atoms with Crippen molar-refractivity contribution in [3.8, 4) is 10.6 Å². The minimum Gasteiger partial charge on any atom is -0.326 e. The molecule has 156 valence electrons. The van der Waals surface area contributed by atoms with E-state index in [4.69, 9.17) is 4.98 Å². The summed E-state index contributed by atoms with van der Waals surface area (Å²) >= 11 is 1.70. The van der Waals surface area contributed by atoms with Gasteiger partial charge in [0.2, 0.25) is 5.91 Å². The summed E-state index contributed by atoms with van der Waals surface area (Å²) in [5.74, 6) is 0.435. The van der Waals surface area contributed by atoms with Gasteiger partial charge >= 0.3 is 0 Å². The van der Waals surface area contributed by atoms with Crippen LogP contribution in [0.25, 0.3) is 20.8 Å². The number of thiazole rings is 1. The minimum absolute atomic E-state index is 0.0872. The maximum Gasteiger partial charge on any atom is 0.232 e. The molecule has 5 rings (SSSR count). The van der Waals surface area contributed by atoms with Crippen LogP contribution in [-0.4, -0.2) is 10.9 Å². The van der Waals surface area contributed by atoms with Gasteiger partial charge < -0.3 is 5.32 Å². The Labute approximate surface area is 187 Å². The van der Waals surface area contributed by atoms with E-state index in [0.29, 0.717) is 5.92 Å². The van der Waals surface area contributed by atoms with Crippen LogP contribution < -0.4 is 5.32 Å². The fraction of sp³-hybridized carbons (Fsp3) is 0.259. The Morgan fingerprint density at radius 3 is 2.48 bits per heavy atom. The fourth-order valence-electron chi connectivity index (χ4n) is 4.66. The van der Waals surface area contributed by atoms with E-state index in [9.17, 15) is 4.79 Å². The number of carbonyl (C=O) groups is 1. The van der Waals surface area contributed by atoms with E-state index in [-0.39, 0.29) is 11.8 Å². The summed E-state index contributed by atoms with van der Waals surface area (Å²) < 4.78 is 1.20.